The third-order valence-electron chi connectivity index (χ3n) is 5.44. The molecule has 1 aliphatic carbocycles. The molecule has 164 valence electrons. The summed E-state index contributed by atoms with van der Waals surface area (Å²) in [7, 11) is 0. The average molecular weight is 424 g/mol. The van der Waals surface area contributed by atoms with E-state index in [1.807, 2.05) is 36.4 Å². The zero-order valence-corrected chi connectivity index (χ0v) is 17.9. The van der Waals surface area contributed by atoms with Crippen LogP contribution in [0.25, 0.3) is 11.1 Å². The van der Waals surface area contributed by atoms with Crippen LogP contribution in [0.5, 0.6) is 0 Å². The van der Waals surface area contributed by atoms with Crippen molar-refractivity contribution in [3.05, 3.63) is 59.7 Å². The molecule has 0 aliphatic heterocycles. The highest BCUT2D eigenvalue weighted by atomic mass is 16.5. The predicted molar refractivity (Wildman–Crippen MR) is 117 cm³/mol. The fourth-order valence-corrected chi connectivity index (χ4v) is 3.95. The van der Waals surface area contributed by atoms with Crippen LogP contribution in [-0.2, 0) is 14.3 Å². The molecule has 2 atom stereocenters. The van der Waals surface area contributed by atoms with Crippen LogP contribution in [0.4, 0.5) is 4.79 Å². The molecule has 0 saturated heterocycles. The van der Waals surface area contributed by atoms with Crippen molar-refractivity contribution in [2.45, 2.75) is 45.2 Å². The van der Waals surface area contributed by atoms with Gasteiger partial charge in [-0.15, -0.1) is 0 Å². The highest BCUT2D eigenvalue weighted by molar-refractivity contribution is 5.86. The number of hydrogen-bond acceptors (Lipinski definition) is 4. The number of benzene rings is 2. The van der Waals surface area contributed by atoms with Gasteiger partial charge in [-0.05, 0) is 35.1 Å². The molecule has 0 bridgehead atoms. The van der Waals surface area contributed by atoms with Crippen LogP contribution in [0.2, 0.25) is 0 Å². The molecule has 0 heterocycles. The number of nitrogens with one attached hydrogen (secondary N) is 2. The molecule has 31 heavy (non-hydrogen) atoms. The van der Waals surface area contributed by atoms with E-state index in [2.05, 4.69) is 22.8 Å². The van der Waals surface area contributed by atoms with Gasteiger partial charge in [-0.1, -0.05) is 62.4 Å². The maximum absolute atomic E-state index is 12.5. The zero-order valence-electron chi connectivity index (χ0n) is 17.9. The smallest absolute Gasteiger partial charge is 0.407 e. The Morgan fingerprint density at radius 2 is 1.48 bits per heavy atom. The van der Waals surface area contributed by atoms with Gasteiger partial charge in [0.15, 0.2) is 0 Å². The number of rotatable bonds is 8. The highest BCUT2D eigenvalue weighted by Gasteiger charge is 2.30. The van der Waals surface area contributed by atoms with Gasteiger partial charge in [-0.25, -0.2) is 4.79 Å². The van der Waals surface area contributed by atoms with Crippen molar-refractivity contribution >= 4 is 18.0 Å². The molecule has 2 amide bonds. The second-order valence-corrected chi connectivity index (χ2v) is 8.20. The second kappa shape index (κ2) is 9.64. The lowest BCUT2D eigenvalue weighted by atomic mass is 9.98. The average Bonchev–Trinajstić information content (AvgIpc) is 3.03. The SMILES string of the molecule is CC(C)[C@H](NC(=O)OCC1c2ccccc2-c2ccccc21)C(=O)N[C@@H](C)CC(=O)O. The molecule has 7 heteroatoms. The molecule has 3 rings (SSSR count). The van der Waals surface area contributed by atoms with Crippen LogP contribution < -0.4 is 10.6 Å². The summed E-state index contributed by atoms with van der Waals surface area (Å²) in [6.45, 7) is 5.37. The molecule has 1 aliphatic rings. The molecular formula is C24H28N2O5. The normalized spacial score (nSPS) is 14.3. The first-order valence-corrected chi connectivity index (χ1v) is 10.4. The van der Waals surface area contributed by atoms with Gasteiger partial charge in [0.2, 0.25) is 5.91 Å². The Labute approximate surface area is 181 Å². The molecule has 0 saturated carbocycles. The molecule has 7 nitrogen and oxygen atoms in total. The maximum Gasteiger partial charge on any atom is 0.407 e. The van der Waals surface area contributed by atoms with E-state index in [1.54, 1.807) is 20.8 Å². The van der Waals surface area contributed by atoms with E-state index in [4.69, 9.17) is 9.84 Å². The quantitative estimate of drug-likeness (QED) is 0.601. The molecule has 0 radical (unpaired) electrons. The number of hydrogen-bond donors (Lipinski definition) is 3. The van der Waals surface area contributed by atoms with Crippen molar-refractivity contribution in [1.29, 1.82) is 0 Å². The fourth-order valence-electron chi connectivity index (χ4n) is 3.95. The topological polar surface area (TPSA) is 105 Å². The number of aliphatic carboxylic acids is 1. The standard InChI is InChI=1S/C24H28N2O5/c1-14(2)22(23(29)25-15(3)12-21(27)28)26-24(30)31-13-20-18-10-6-4-8-16(18)17-9-5-7-11-19(17)20/h4-11,14-15,20,22H,12-13H2,1-3H3,(H,25,29)(H,26,30)(H,27,28)/t15-,22-/m0/s1. The number of fused-ring (bicyclic) bond motifs is 3. The molecule has 0 aromatic heterocycles. The first-order chi connectivity index (χ1) is 14.8. The Kier molecular flexibility index (Phi) is 6.95. The monoisotopic (exact) mass is 424 g/mol. The summed E-state index contributed by atoms with van der Waals surface area (Å²) in [4.78, 5) is 35.8. The van der Waals surface area contributed by atoms with E-state index in [0.717, 1.165) is 22.3 Å². The van der Waals surface area contributed by atoms with E-state index >= 15 is 0 Å². The summed E-state index contributed by atoms with van der Waals surface area (Å²) in [5.74, 6) is -1.70. The highest BCUT2D eigenvalue weighted by Crippen LogP contribution is 2.44. The predicted octanol–water partition coefficient (Wildman–Crippen LogP) is 3.53. The first kappa shape index (κ1) is 22.3. The lowest BCUT2D eigenvalue weighted by Gasteiger charge is -2.24. The number of carbonyl (C=O) groups excluding carboxylic acids is 2. The van der Waals surface area contributed by atoms with Crippen molar-refractivity contribution in [1.82, 2.24) is 10.6 Å². The van der Waals surface area contributed by atoms with Crippen molar-refractivity contribution in [2.75, 3.05) is 6.61 Å². The van der Waals surface area contributed by atoms with E-state index in [1.165, 1.54) is 0 Å². The van der Waals surface area contributed by atoms with Crippen LogP contribution in [0, 0.1) is 5.92 Å². The van der Waals surface area contributed by atoms with Crippen molar-refractivity contribution in [3.63, 3.8) is 0 Å². The number of alkyl carbamates (subject to hydrolysis) is 1. The summed E-state index contributed by atoms with van der Waals surface area (Å²) in [6, 6.07) is 14.7. The van der Waals surface area contributed by atoms with E-state index < -0.39 is 30.1 Å². The second-order valence-electron chi connectivity index (χ2n) is 8.20. The van der Waals surface area contributed by atoms with E-state index in [-0.39, 0.29) is 24.9 Å². The van der Waals surface area contributed by atoms with Crippen LogP contribution >= 0.6 is 0 Å². The summed E-state index contributed by atoms with van der Waals surface area (Å²) < 4.78 is 5.52. The van der Waals surface area contributed by atoms with E-state index in [0.29, 0.717) is 0 Å². The Balaban J connectivity index is 1.63. The largest absolute Gasteiger partial charge is 0.481 e. The molecule has 0 unspecified atom stereocenters. The van der Waals surface area contributed by atoms with Crippen LogP contribution in [0.3, 0.4) is 0 Å². The minimum absolute atomic E-state index is 0.0694. The number of carboxylic acids is 1. The Bertz CT molecular complexity index is 926. The number of amides is 2. The summed E-state index contributed by atoms with van der Waals surface area (Å²) >= 11 is 0. The van der Waals surface area contributed by atoms with Gasteiger partial charge in [-0.2, -0.15) is 0 Å². The summed E-state index contributed by atoms with van der Waals surface area (Å²) in [5, 5.41) is 14.1. The van der Waals surface area contributed by atoms with Gasteiger partial charge in [0.25, 0.3) is 0 Å². The van der Waals surface area contributed by atoms with E-state index in [9.17, 15) is 14.4 Å². The van der Waals surface area contributed by atoms with Crippen molar-refractivity contribution in [2.24, 2.45) is 5.92 Å². The molecule has 0 fully saturated rings. The van der Waals surface area contributed by atoms with Gasteiger partial charge >= 0.3 is 12.1 Å². The lowest BCUT2D eigenvalue weighted by molar-refractivity contribution is -0.137. The van der Waals surface area contributed by atoms with Crippen LogP contribution in [0.15, 0.2) is 48.5 Å². The van der Waals surface area contributed by atoms with Gasteiger partial charge in [0.1, 0.15) is 12.6 Å². The Morgan fingerprint density at radius 1 is 0.935 bits per heavy atom. The third kappa shape index (κ3) is 5.23. The first-order valence-electron chi connectivity index (χ1n) is 10.4. The molecular weight excluding hydrogens is 396 g/mol. The summed E-state index contributed by atoms with van der Waals surface area (Å²) in [5.41, 5.74) is 4.49. The molecule has 0 spiro atoms. The third-order valence-corrected chi connectivity index (χ3v) is 5.44. The van der Waals surface area contributed by atoms with Crippen LogP contribution in [0.1, 0.15) is 44.2 Å². The van der Waals surface area contributed by atoms with Gasteiger partial charge in [0, 0.05) is 12.0 Å². The van der Waals surface area contributed by atoms with Gasteiger partial charge < -0.3 is 20.5 Å². The van der Waals surface area contributed by atoms with Gasteiger partial charge in [0.05, 0.1) is 6.42 Å². The lowest BCUT2D eigenvalue weighted by Crippen LogP contribution is -2.52. The minimum atomic E-state index is -1.00. The van der Waals surface area contributed by atoms with Gasteiger partial charge in [-0.3, -0.25) is 9.59 Å². The van der Waals surface area contributed by atoms with Crippen molar-refractivity contribution < 1.29 is 24.2 Å². The zero-order chi connectivity index (χ0) is 22.5. The minimum Gasteiger partial charge on any atom is -0.481 e. The fraction of sp³-hybridized carbons (Fsp3) is 0.375. The Hall–Kier alpha value is -3.35. The maximum atomic E-state index is 12.5. The molecule has 2 aromatic carbocycles. The number of carboxylic acid groups (broad SMARTS) is 1. The molecule has 2 aromatic rings. The number of ether oxygens (including phenoxy) is 1. The molecule has 3 N–H and O–H groups in total. The summed E-state index contributed by atoms with van der Waals surface area (Å²) in [6.07, 6.45) is -0.872. The number of carbonyl (C=O) groups is 3. The Morgan fingerprint density at radius 3 is 2.00 bits per heavy atom. The van der Waals surface area contributed by atoms with Crippen molar-refractivity contribution in [3.8, 4) is 11.1 Å². The van der Waals surface area contributed by atoms with Crippen LogP contribution in [-0.4, -0.2) is 41.8 Å².